The van der Waals surface area contributed by atoms with Crippen molar-refractivity contribution in [1.29, 1.82) is 0 Å². The quantitative estimate of drug-likeness (QED) is 0.811. The SMILES string of the molecule is COC1CC(NC(=O)c2cncc(C#CCN)c2)C1(C)C. The summed E-state index contributed by atoms with van der Waals surface area (Å²) in [5, 5.41) is 3.04. The molecule has 0 bridgehead atoms. The van der Waals surface area contributed by atoms with Crippen LogP contribution in [0.5, 0.6) is 0 Å². The van der Waals surface area contributed by atoms with Crippen molar-refractivity contribution < 1.29 is 9.53 Å². The van der Waals surface area contributed by atoms with E-state index in [1.54, 1.807) is 25.6 Å². The third kappa shape index (κ3) is 3.23. The number of nitrogens with one attached hydrogen (secondary N) is 1. The molecular weight excluding hydrogens is 266 g/mol. The lowest BCUT2D eigenvalue weighted by Crippen LogP contribution is -2.61. The largest absolute Gasteiger partial charge is 0.381 e. The highest BCUT2D eigenvalue weighted by Crippen LogP contribution is 2.42. The highest BCUT2D eigenvalue weighted by atomic mass is 16.5. The predicted octanol–water partition coefficient (Wildman–Crippen LogP) is 0.935. The van der Waals surface area contributed by atoms with E-state index in [0.717, 1.165) is 6.42 Å². The fourth-order valence-corrected chi connectivity index (χ4v) is 2.56. The van der Waals surface area contributed by atoms with E-state index in [-0.39, 0.29) is 30.0 Å². The molecule has 1 heterocycles. The van der Waals surface area contributed by atoms with Gasteiger partial charge in [0.25, 0.3) is 5.91 Å². The first-order valence-electron chi connectivity index (χ1n) is 6.96. The molecule has 112 valence electrons. The van der Waals surface area contributed by atoms with Crippen LogP contribution in [0.2, 0.25) is 0 Å². The standard InChI is InChI=1S/C16H21N3O2/c1-16(2)13(8-14(16)21-3)19-15(20)12-7-11(5-4-6-17)9-18-10-12/h7,9-10,13-14H,6,8,17H2,1-3H3,(H,19,20). The van der Waals surface area contributed by atoms with Crippen LogP contribution in [-0.2, 0) is 4.74 Å². The smallest absolute Gasteiger partial charge is 0.253 e. The molecule has 5 nitrogen and oxygen atoms in total. The second kappa shape index (κ2) is 6.25. The van der Waals surface area contributed by atoms with E-state index < -0.39 is 0 Å². The number of methoxy groups -OCH3 is 1. The Balaban J connectivity index is 2.05. The van der Waals surface area contributed by atoms with Gasteiger partial charge in [-0.3, -0.25) is 9.78 Å². The van der Waals surface area contributed by atoms with Crippen molar-refractivity contribution in [1.82, 2.24) is 10.3 Å². The van der Waals surface area contributed by atoms with E-state index in [1.807, 2.05) is 0 Å². The molecule has 3 N–H and O–H groups in total. The van der Waals surface area contributed by atoms with E-state index in [9.17, 15) is 4.79 Å². The average Bonchev–Trinajstić information content (AvgIpc) is 2.49. The van der Waals surface area contributed by atoms with E-state index in [2.05, 4.69) is 36.0 Å². The van der Waals surface area contributed by atoms with Gasteiger partial charge in [0.1, 0.15) is 0 Å². The van der Waals surface area contributed by atoms with Gasteiger partial charge in [-0.25, -0.2) is 0 Å². The fourth-order valence-electron chi connectivity index (χ4n) is 2.56. The fraction of sp³-hybridized carbons (Fsp3) is 0.500. The van der Waals surface area contributed by atoms with Crippen LogP contribution in [-0.4, -0.2) is 36.7 Å². The minimum absolute atomic E-state index is 0.0607. The van der Waals surface area contributed by atoms with E-state index in [1.165, 1.54) is 0 Å². The minimum Gasteiger partial charge on any atom is -0.381 e. The van der Waals surface area contributed by atoms with Crippen LogP contribution in [0.3, 0.4) is 0 Å². The first-order valence-corrected chi connectivity index (χ1v) is 6.96. The first kappa shape index (κ1) is 15.5. The average molecular weight is 287 g/mol. The zero-order chi connectivity index (χ0) is 15.5. The van der Waals surface area contributed by atoms with Crippen molar-refractivity contribution in [2.45, 2.75) is 32.4 Å². The highest BCUT2D eigenvalue weighted by molar-refractivity contribution is 5.94. The monoisotopic (exact) mass is 287 g/mol. The van der Waals surface area contributed by atoms with Crippen molar-refractivity contribution in [3.05, 3.63) is 29.6 Å². The Kier molecular flexibility index (Phi) is 4.61. The molecule has 2 rings (SSSR count). The van der Waals surface area contributed by atoms with Crippen molar-refractivity contribution in [3.8, 4) is 11.8 Å². The maximum absolute atomic E-state index is 12.3. The van der Waals surface area contributed by atoms with Gasteiger partial charge in [-0.2, -0.15) is 0 Å². The molecule has 0 aliphatic heterocycles. The maximum Gasteiger partial charge on any atom is 0.253 e. The summed E-state index contributed by atoms with van der Waals surface area (Å²) < 4.78 is 5.39. The lowest BCUT2D eigenvalue weighted by Gasteiger charge is -2.51. The molecule has 0 aromatic carbocycles. The summed E-state index contributed by atoms with van der Waals surface area (Å²) in [5.41, 5.74) is 6.48. The van der Waals surface area contributed by atoms with Crippen molar-refractivity contribution in [2.24, 2.45) is 11.1 Å². The van der Waals surface area contributed by atoms with Crippen LogP contribution in [0.25, 0.3) is 0 Å². The number of ether oxygens (including phenoxy) is 1. The molecule has 21 heavy (non-hydrogen) atoms. The second-order valence-electron chi connectivity index (χ2n) is 5.78. The van der Waals surface area contributed by atoms with Gasteiger partial charge in [-0.05, 0) is 12.5 Å². The molecule has 1 aliphatic carbocycles. The van der Waals surface area contributed by atoms with Crippen molar-refractivity contribution in [3.63, 3.8) is 0 Å². The zero-order valence-corrected chi connectivity index (χ0v) is 12.6. The van der Waals surface area contributed by atoms with Gasteiger partial charge in [-0.1, -0.05) is 25.7 Å². The molecule has 1 aromatic rings. The van der Waals surface area contributed by atoms with Gasteiger partial charge in [0.05, 0.1) is 18.2 Å². The molecule has 0 spiro atoms. The third-order valence-electron chi connectivity index (χ3n) is 4.10. The van der Waals surface area contributed by atoms with Gasteiger partial charge in [0.2, 0.25) is 0 Å². The predicted molar refractivity (Wildman–Crippen MR) is 80.6 cm³/mol. The lowest BCUT2D eigenvalue weighted by molar-refractivity contribution is -0.0942. The molecule has 5 heteroatoms. The van der Waals surface area contributed by atoms with Crippen molar-refractivity contribution >= 4 is 5.91 Å². The number of aromatic nitrogens is 1. The Morgan fingerprint density at radius 1 is 1.57 bits per heavy atom. The number of hydrogen-bond donors (Lipinski definition) is 2. The van der Waals surface area contributed by atoms with Crippen LogP contribution in [0.1, 0.15) is 36.2 Å². The van der Waals surface area contributed by atoms with Crippen LogP contribution < -0.4 is 11.1 Å². The van der Waals surface area contributed by atoms with Crippen LogP contribution in [0, 0.1) is 17.3 Å². The Bertz CT molecular complexity index is 587. The normalized spacial score (nSPS) is 22.7. The highest BCUT2D eigenvalue weighted by Gasteiger charge is 2.49. The summed E-state index contributed by atoms with van der Waals surface area (Å²) in [6, 6.07) is 1.83. The Morgan fingerprint density at radius 2 is 2.33 bits per heavy atom. The zero-order valence-electron chi connectivity index (χ0n) is 12.6. The number of carbonyl (C=O) groups is 1. The van der Waals surface area contributed by atoms with Crippen LogP contribution in [0.15, 0.2) is 18.5 Å². The topological polar surface area (TPSA) is 77.2 Å². The van der Waals surface area contributed by atoms with E-state index >= 15 is 0 Å². The molecule has 2 unspecified atom stereocenters. The Morgan fingerprint density at radius 3 is 2.95 bits per heavy atom. The molecule has 1 aliphatic rings. The molecule has 2 atom stereocenters. The molecular formula is C16H21N3O2. The molecule has 0 saturated heterocycles. The second-order valence-corrected chi connectivity index (χ2v) is 5.78. The number of pyridine rings is 1. The van der Waals surface area contributed by atoms with Crippen LogP contribution in [0.4, 0.5) is 0 Å². The summed E-state index contributed by atoms with van der Waals surface area (Å²) >= 11 is 0. The summed E-state index contributed by atoms with van der Waals surface area (Å²) in [6.45, 7) is 4.47. The number of carbonyl (C=O) groups excluding carboxylic acids is 1. The van der Waals surface area contributed by atoms with E-state index in [0.29, 0.717) is 11.1 Å². The van der Waals surface area contributed by atoms with Crippen LogP contribution >= 0.6 is 0 Å². The van der Waals surface area contributed by atoms with Gasteiger partial charge < -0.3 is 15.8 Å². The summed E-state index contributed by atoms with van der Waals surface area (Å²) in [7, 11) is 1.70. The van der Waals surface area contributed by atoms with Gasteiger partial charge in [0, 0.05) is 36.5 Å². The number of hydrogen-bond acceptors (Lipinski definition) is 4. The molecule has 1 amide bonds. The minimum atomic E-state index is -0.133. The number of nitrogens with zero attached hydrogens (tertiary/aromatic N) is 1. The molecule has 1 saturated carbocycles. The maximum atomic E-state index is 12.3. The van der Waals surface area contributed by atoms with Gasteiger partial charge >= 0.3 is 0 Å². The van der Waals surface area contributed by atoms with Crippen molar-refractivity contribution in [2.75, 3.05) is 13.7 Å². The van der Waals surface area contributed by atoms with E-state index in [4.69, 9.17) is 10.5 Å². The number of rotatable bonds is 3. The first-order chi connectivity index (χ1) is 9.98. The van der Waals surface area contributed by atoms with Gasteiger partial charge in [0.15, 0.2) is 0 Å². The molecule has 1 aromatic heterocycles. The lowest BCUT2D eigenvalue weighted by atomic mass is 9.64. The number of nitrogens with two attached hydrogens (primary N) is 1. The summed E-state index contributed by atoms with van der Waals surface area (Å²) in [4.78, 5) is 16.3. The van der Waals surface area contributed by atoms with Gasteiger partial charge in [-0.15, -0.1) is 0 Å². The molecule has 1 fully saturated rings. The third-order valence-corrected chi connectivity index (χ3v) is 4.10. The Hall–Kier alpha value is -1.90. The summed E-state index contributed by atoms with van der Waals surface area (Å²) in [5.74, 6) is 5.49. The number of amides is 1. The summed E-state index contributed by atoms with van der Waals surface area (Å²) in [6.07, 6.45) is 4.17. The molecule has 0 radical (unpaired) electrons. The Labute approximate surface area is 125 Å².